The SMILES string of the molecule is Nc1ncc(-c2cc(N3CC(N4CCOCC4)C3)nc(C3CC3)n2)cc1OC(F)F. The van der Waals surface area contributed by atoms with Gasteiger partial charge in [0.05, 0.1) is 18.9 Å². The van der Waals surface area contributed by atoms with Crippen LogP contribution < -0.4 is 15.4 Å². The Bertz CT molecular complexity index is 914. The van der Waals surface area contributed by atoms with E-state index in [-0.39, 0.29) is 11.6 Å². The van der Waals surface area contributed by atoms with Crippen molar-refractivity contribution in [1.82, 2.24) is 19.9 Å². The van der Waals surface area contributed by atoms with Crippen molar-refractivity contribution < 1.29 is 18.3 Å². The van der Waals surface area contributed by atoms with Crippen molar-refractivity contribution in [3.63, 3.8) is 0 Å². The molecule has 3 aliphatic rings. The molecule has 160 valence electrons. The van der Waals surface area contributed by atoms with E-state index in [1.54, 1.807) is 0 Å². The van der Waals surface area contributed by atoms with Crippen molar-refractivity contribution in [1.29, 1.82) is 0 Å². The number of aromatic nitrogens is 3. The van der Waals surface area contributed by atoms with Gasteiger partial charge in [-0.15, -0.1) is 0 Å². The summed E-state index contributed by atoms with van der Waals surface area (Å²) in [6, 6.07) is 3.85. The number of morpholine rings is 1. The lowest BCUT2D eigenvalue weighted by molar-refractivity contribution is -0.0494. The molecular formula is C20H24F2N6O2. The summed E-state index contributed by atoms with van der Waals surface area (Å²) in [5, 5.41) is 0. The van der Waals surface area contributed by atoms with Crippen molar-refractivity contribution in [3.05, 3.63) is 24.2 Å². The van der Waals surface area contributed by atoms with Crippen LogP contribution in [0.5, 0.6) is 5.75 Å². The average Bonchev–Trinajstić information content (AvgIpc) is 3.54. The first-order chi connectivity index (χ1) is 14.6. The van der Waals surface area contributed by atoms with Crippen LogP contribution in [0.4, 0.5) is 20.4 Å². The topological polar surface area (TPSA) is 89.6 Å². The first-order valence-corrected chi connectivity index (χ1v) is 10.2. The first-order valence-electron chi connectivity index (χ1n) is 10.2. The fourth-order valence-corrected chi connectivity index (χ4v) is 3.89. The molecule has 2 aromatic rings. The van der Waals surface area contributed by atoms with E-state index < -0.39 is 6.61 Å². The minimum absolute atomic E-state index is 0.0770. The molecule has 0 radical (unpaired) electrons. The Labute approximate surface area is 173 Å². The van der Waals surface area contributed by atoms with Gasteiger partial charge in [0.15, 0.2) is 11.6 Å². The molecular weight excluding hydrogens is 394 g/mol. The molecule has 2 aliphatic heterocycles. The lowest BCUT2D eigenvalue weighted by atomic mass is 10.1. The zero-order valence-electron chi connectivity index (χ0n) is 16.5. The summed E-state index contributed by atoms with van der Waals surface area (Å²) in [6.07, 6.45) is 3.67. The molecule has 0 amide bonds. The maximum absolute atomic E-state index is 12.7. The van der Waals surface area contributed by atoms with Crippen LogP contribution in [0.3, 0.4) is 0 Å². The van der Waals surface area contributed by atoms with Crippen molar-refractivity contribution in [2.24, 2.45) is 0 Å². The molecule has 2 aromatic heterocycles. The van der Waals surface area contributed by atoms with E-state index in [0.717, 1.165) is 63.9 Å². The third-order valence-electron chi connectivity index (χ3n) is 5.81. The minimum Gasteiger partial charge on any atom is -0.431 e. The number of nitrogens with two attached hydrogens (primary N) is 1. The molecule has 0 spiro atoms. The fourth-order valence-electron chi connectivity index (χ4n) is 3.89. The second-order valence-corrected chi connectivity index (χ2v) is 7.94. The zero-order chi connectivity index (χ0) is 20.7. The zero-order valence-corrected chi connectivity index (χ0v) is 16.5. The van der Waals surface area contributed by atoms with Gasteiger partial charge >= 0.3 is 6.61 Å². The number of hydrogen-bond acceptors (Lipinski definition) is 8. The Morgan fingerprint density at radius 3 is 2.60 bits per heavy atom. The second-order valence-electron chi connectivity index (χ2n) is 7.94. The number of halogens is 2. The highest BCUT2D eigenvalue weighted by atomic mass is 19.3. The van der Waals surface area contributed by atoms with Crippen molar-refractivity contribution in [2.45, 2.75) is 31.4 Å². The molecule has 0 atom stereocenters. The second kappa shape index (κ2) is 7.92. The normalized spacial score (nSPS) is 20.4. The van der Waals surface area contributed by atoms with E-state index >= 15 is 0 Å². The Balaban J connectivity index is 1.39. The molecule has 10 heteroatoms. The summed E-state index contributed by atoms with van der Waals surface area (Å²) >= 11 is 0. The third kappa shape index (κ3) is 4.01. The summed E-state index contributed by atoms with van der Waals surface area (Å²) in [5.74, 6) is 1.79. The van der Waals surface area contributed by atoms with Crippen molar-refractivity contribution in [3.8, 4) is 17.0 Å². The maximum atomic E-state index is 12.7. The highest BCUT2D eigenvalue weighted by Crippen LogP contribution is 2.40. The summed E-state index contributed by atoms with van der Waals surface area (Å²) in [4.78, 5) is 18.2. The Hall–Kier alpha value is -2.59. The van der Waals surface area contributed by atoms with Crippen molar-refractivity contribution >= 4 is 11.6 Å². The van der Waals surface area contributed by atoms with Crippen LogP contribution in [0.15, 0.2) is 18.3 Å². The summed E-state index contributed by atoms with van der Waals surface area (Å²) in [5.41, 5.74) is 6.90. The molecule has 2 N–H and O–H groups in total. The molecule has 2 saturated heterocycles. The molecule has 30 heavy (non-hydrogen) atoms. The van der Waals surface area contributed by atoms with E-state index in [9.17, 15) is 8.78 Å². The number of anilines is 2. The molecule has 0 unspecified atom stereocenters. The van der Waals surface area contributed by atoms with Gasteiger partial charge in [0.25, 0.3) is 0 Å². The van der Waals surface area contributed by atoms with Gasteiger partial charge in [-0.2, -0.15) is 8.78 Å². The van der Waals surface area contributed by atoms with Gasteiger partial charge in [-0.1, -0.05) is 0 Å². The van der Waals surface area contributed by atoms with E-state index in [2.05, 4.69) is 24.5 Å². The number of nitrogens with zero attached hydrogens (tertiary/aromatic N) is 5. The van der Waals surface area contributed by atoms with Gasteiger partial charge in [-0.25, -0.2) is 15.0 Å². The lowest BCUT2D eigenvalue weighted by Gasteiger charge is -2.47. The molecule has 5 rings (SSSR count). The molecule has 1 saturated carbocycles. The molecule has 0 bridgehead atoms. The van der Waals surface area contributed by atoms with Crippen LogP contribution in [0.1, 0.15) is 24.6 Å². The molecule has 3 fully saturated rings. The maximum Gasteiger partial charge on any atom is 0.387 e. The first kappa shape index (κ1) is 19.4. The molecule has 0 aromatic carbocycles. The molecule has 4 heterocycles. The van der Waals surface area contributed by atoms with Gasteiger partial charge in [0, 0.05) is 56.0 Å². The fraction of sp³-hybridized carbons (Fsp3) is 0.550. The molecule has 1 aliphatic carbocycles. The van der Waals surface area contributed by atoms with Gasteiger partial charge in [0.2, 0.25) is 0 Å². The largest absolute Gasteiger partial charge is 0.431 e. The highest BCUT2D eigenvalue weighted by molar-refractivity contribution is 5.67. The number of ether oxygens (including phenoxy) is 2. The van der Waals surface area contributed by atoms with Crippen LogP contribution in [0.2, 0.25) is 0 Å². The third-order valence-corrected chi connectivity index (χ3v) is 5.81. The predicted octanol–water partition coefficient (Wildman–Crippen LogP) is 2.12. The Morgan fingerprint density at radius 1 is 1.13 bits per heavy atom. The number of nitrogen functional groups attached to an aromatic ring is 1. The number of alkyl halides is 2. The van der Waals surface area contributed by atoms with Gasteiger partial charge in [-0.3, -0.25) is 4.90 Å². The van der Waals surface area contributed by atoms with Gasteiger partial charge in [-0.05, 0) is 18.9 Å². The van der Waals surface area contributed by atoms with Crippen LogP contribution >= 0.6 is 0 Å². The van der Waals surface area contributed by atoms with Crippen molar-refractivity contribution in [2.75, 3.05) is 50.0 Å². The number of pyridine rings is 1. The summed E-state index contributed by atoms with van der Waals surface area (Å²) in [6.45, 7) is 2.34. The van der Waals surface area contributed by atoms with Crippen LogP contribution in [0, 0.1) is 0 Å². The van der Waals surface area contributed by atoms with Crippen LogP contribution in [0.25, 0.3) is 11.3 Å². The standard InChI is InChI=1S/C20H24F2N6O2/c21-20(22)30-16-7-13(9-24-18(16)23)15-8-17(26-19(25-15)12-1-2-12)28-10-14(11-28)27-3-5-29-6-4-27/h7-9,12,14,20H,1-6,10-11H2,(H2,23,24). The molecule has 8 nitrogen and oxygen atoms in total. The monoisotopic (exact) mass is 418 g/mol. The van der Waals surface area contributed by atoms with Gasteiger partial charge in [0.1, 0.15) is 11.6 Å². The average molecular weight is 418 g/mol. The minimum atomic E-state index is -2.97. The van der Waals surface area contributed by atoms with Crippen LogP contribution in [-0.2, 0) is 4.74 Å². The Morgan fingerprint density at radius 2 is 1.90 bits per heavy atom. The quantitative estimate of drug-likeness (QED) is 0.763. The van der Waals surface area contributed by atoms with Crippen LogP contribution in [-0.4, -0.2) is 71.9 Å². The summed E-state index contributed by atoms with van der Waals surface area (Å²) in [7, 11) is 0. The van der Waals surface area contributed by atoms with E-state index in [0.29, 0.717) is 23.2 Å². The Kier molecular flexibility index (Phi) is 5.11. The summed E-state index contributed by atoms with van der Waals surface area (Å²) < 4.78 is 35.3. The van der Waals surface area contributed by atoms with E-state index in [1.807, 2.05) is 6.07 Å². The number of rotatable bonds is 6. The predicted molar refractivity (Wildman–Crippen MR) is 107 cm³/mol. The van der Waals surface area contributed by atoms with E-state index in [1.165, 1.54) is 12.3 Å². The van der Waals surface area contributed by atoms with E-state index in [4.69, 9.17) is 15.5 Å². The smallest absolute Gasteiger partial charge is 0.387 e. The number of hydrogen-bond donors (Lipinski definition) is 1. The lowest BCUT2D eigenvalue weighted by Crippen LogP contribution is -2.61. The highest BCUT2D eigenvalue weighted by Gasteiger charge is 2.35. The van der Waals surface area contributed by atoms with Gasteiger partial charge < -0.3 is 20.1 Å².